The van der Waals surface area contributed by atoms with Crippen LogP contribution in [0.2, 0.25) is 0 Å². The van der Waals surface area contributed by atoms with Gasteiger partial charge in [-0.25, -0.2) is 43.9 Å². The van der Waals surface area contributed by atoms with Crippen molar-refractivity contribution in [2.24, 2.45) is 0 Å². The maximum atomic E-state index is 13.2. The number of nitrogen functional groups attached to an aromatic ring is 3. The normalized spacial score (nSPS) is 18.0. The number of ether oxygens (including phenoxy) is 4. The molecule has 18 rings (SSSR count). The number of hydrogen-bond acceptors (Lipinski definition) is 22. The number of hydrogen-bond donors (Lipinski definition) is 4. The summed E-state index contributed by atoms with van der Waals surface area (Å²) in [5.41, 5.74) is 25.9. The van der Waals surface area contributed by atoms with Crippen molar-refractivity contribution >= 4 is 68.3 Å². The molecule has 28 heteroatoms. The number of fused-ring (bicyclic) bond motifs is 3. The van der Waals surface area contributed by atoms with E-state index in [-0.39, 0.29) is 35.8 Å². The number of carbonyl (C=O) groups excluding carboxylic acids is 3. The molecule has 6 aromatic carbocycles. The Labute approximate surface area is 704 Å². The molecule has 121 heavy (non-hydrogen) atoms. The van der Waals surface area contributed by atoms with E-state index in [4.69, 9.17) is 51.4 Å². The van der Waals surface area contributed by atoms with Crippen LogP contribution in [0.1, 0.15) is 108 Å². The third-order valence-electron chi connectivity index (χ3n) is 23.8. The second kappa shape index (κ2) is 39.0. The lowest BCUT2D eigenvalue weighted by atomic mass is 10.1. The lowest BCUT2D eigenvalue weighted by molar-refractivity contribution is -0.128. The van der Waals surface area contributed by atoms with E-state index in [1.807, 2.05) is 211 Å². The number of para-hydroxylation sites is 3. The van der Waals surface area contributed by atoms with E-state index in [1.165, 1.54) is 70.3 Å². The molecule has 7 N–H and O–H groups in total. The number of likely N-dealkylation sites (N-methyl/N-ethyl adjacent to an activating group) is 2. The quantitative estimate of drug-likeness (QED) is 0.0408. The van der Waals surface area contributed by atoms with Crippen molar-refractivity contribution < 1.29 is 33.3 Å². The maximum Gasteiger partial charge on any atom is 0.246 e. The fourth-order valence-electron chi connectivity index (χ4n) is 17.2. The van der Waals surface area contributed by atoms with Crippen LogP contribution in [-0.2, 0) is 19.1 Å². The van der Waals surface area contributed by atoms with E-state index in [9.17, 15) is 14.4 Å². The third-order valence-corrected chi connectivity index (χ3v) is 23.8. The van der Waals surface area contributed by atoms with Gasteiger partial charge in [0.05, 0.1) is 34.3 Å². The van der Waals surface area contributed by atoms with E-state index in [2.05, 4.69) is 59.1 Å². The first-order valence-electron chi connectivity index (χ1n) is 42.3. The Kier molecular flexibility index (Phi) is 26.4. The predicted molar refractivity (Wildman–Crippen MR) is 469 cm³/mol. The summed E-state index contributed by atoms with van der Waals surface area (Å²) < 4.78 is 29.1. The highest BCUT2D eigenvalue weighted by Gasteiger charge is 2.34. The fraction of sp³-hybridized carbons (Fsp3) is 0.355. The molecule has 6 fully saturated rings. The van der Waals surface area contributed by atoms with Gasteiger partial charge in [-0.3, -0.25) is 24.2 Å². The average Bonchev–Trinajstić information content (AvgIpc) is 1.62. The fourth-order valence-corrected chi connectivity index (χ4v) is 17.2. The first-order chi connectivity index (χ1) is 59.3. The number of nitrogens with zero attached hydrogens (tertiary/aromatic N) is 17. The summed E-state index contributed by atoms with van der Waals surface area (Å²) >= 11 is 0. The molecule has 3 amide bonds. The highest BCUT2D eigenvalue weighted by atomic mass is 16.5. The van der Waals surface area contributed by atoms with Crippen molar-refractivity contribution in [2.45, 2.75) is 126 Å². The van der Waals surface area contributed by atoms with Crippen molar-refractivity contribution in [3.05, 3.63) is 219 Å². The van der Waals surface area contributed by atoms with Crippen LogP contribution in [0.4, 0.5) is 17.5 Å². The van der Waals surface area contributed by atoms with Crippen LogP contribution in [0.15, 0.2) is 219 Å². The Morgan fingerprint density at radius 2 is 0.744 bits per heavy atom. The van der Waals surface area contributed by atoms with Crippen LogP contribution >= 0.6 is 0 Å². The minimum atomic E-state index is -0.0211. The lowest BCUT2D eigenvalue weighted by Crippen LogP contribution is -2.40. The standard InChI is InChI=1S/C32H37N7O3.C31H35N7O2.C30H33N7O2/c1-37(24-15-19-41-20-16-24)17-6-10-28(40)38-18-5-7-25(21-38)39-32-29(31(33)34-22-35-32)30(36-39)23-11-13-27(14-12-23)42-26-8-3-2-4-9-26;1-36(23-8-5-6-9-23)18-7-12-27(39)37-19-17-24(20-37)38-31-28(30(32)33-21-34-31)29(35-38)22-13-15-26(16-14-22)40-25-10-3-2-4-11-25;31-29-27-28(21-12-14-25(15-13-21)39-24-9-2-1-3-10-24)35-37(30(27)34-20-33-29)23-16-18-36(19-23)26(38)11-6-17-32-22-7-4-5-8-22/h2-4,6,8-14,22,24-25H,5,7,15-21H2,1H3,(H2,33,34,35);2-4,7,10-16,21,23-24H,5-6,8-9,17-20H2,1H3,(H2,32,33,34);1-3,6,9-15,20,22-23,32H,4-5,7-8,16-19H2,(H2,31,33,34)/b10-6+;12-7+;11-6+. The second-order valence-electron chi connectivity index (χ2n) is 31.9. The summed E-state index contributed by atoms with van der Waals surface area (Å²) in [6.45, 7) is 7.66. The summed E-state index contributed by atoms with van der Waals surface area (Å²) in [5, 5.41) is 20.6. The summed E-state index contributed by atoms with van der Waals surface area (Å²) in [4.78, 5) is 75.7. The van der Waals surface area contributed by atoms with Crippen molar-refractivity contribution in [1.29, 1.82) is 0 Å². The smallest absolute Gasteiger partial charge is 0.246 e. The minimum absolute atomic E-state index is 0.00440. The zero-order valence-corrected chi connectivity index (χ0v) is 68.6. The molecule has 4 saturated heterocycles. The Balaban J connectivity index is 0.000000135. The molecule has 12 aromatic rings. The molecule has 3 unspecified atom stereocenters. The molecule has 0 radical (unpaired) electrons. The van der Waals surface area contributed by atoms with E-state index >= 15 is 0 Å². The zero-order valence-electron chi connectivity index (χ0n) is 68.6. The topological polar surface area (TPSA) is 325 Å². The summed E-state index contributed by atoms with van der Waals surface area (Å²) in [5.74, 6) is 5.77. The number of carbonyl (C=O) groups is 3. The number of nitrogens with two attached hydrogens (primary N) is 3. The van der Waals surface area contributed by atoms with E-state index in [1.54, 1.807) is 18.2 Å². The number of nitrogens with one attached hydrogen (secondary N) is 1. The third kappa shape index (κ3) is 19.9. The SMILES string of the molecule is CN(C/C=C/C(=O)N1CCC(n2nc(-c3ccc(Oc4ccccc4)cc3)c3c(N)ncnc32)C1)C1CCCC1.CN(C/C=C/C(=O)N1CCCC(n2nc(-c3ccc(Oc4ccccc4)cc3)c3c(N)ncnc32)C1)C1CCOCC1.Nc1ncnc2c1c(-c1ccc(Oc3ccccc3)cc1)nn2C1CCN(C(=O)/C=C/CNC2CCCC2)C1. The largest absolute Gasteiger partial charge is 0.457 e. The van der Waals surface area contributed by atoms with E-state index in [0.29, 0.717) is 96.3 Å². The first-order valence-corrected chi connectivity index (χ1v) is 42.3. The number of aromatic nitrogens is 12. The summed E-state index contributed by atoms with van der Waals surface area (Å²) in [6, 6.07) is 54.0. The van der Waals surface area contributed by atoms with Crippen molar-refractivity contribution in [1.82, 2.24) is 89.1 Å². The molecule has 2 aliphatic carbocycles. The molecule has 10 heterocycles. The number of likely N-dealkylation sites (tertiary alicyclic amines) is 3. The van der Waals surface area contributed by atoms with Crippen molar-refractivity contribution in [3.8, 4) is 68.3 Å². The second-order valence-corrected chi connectivity index (χ2v) is 31.9. The van der Waals surface area contributed by atoms with E-state index in [0.717, 1.165) is 151 Å². The molecule has 2 saturated carbocycles. The first kappa shape index (κ1) is 82.0. The summed E-state index contributed by atoms with van der Waals surface area (Å²) in [7, 11) is 4.26. The molecule has 0 bridgehead atoms. The number of benzene rings is 6. The van der Waals surface area contributed by atoms with Crippen LogP contribution < -0.4 is 36.7 Å². The van der Waals surface area contributed by atoms with Crippen LogP contribution in [0, 0.1) is 0 Å². The Morgan fingerprint density at radius 1 is 0.405 bits per heavy atom. The number of anilines is 3. The molecule has 0 spiro atoms. The predicted octanol–water partition coefficient (Wildman–Crippen LogP) is 14.5. The Hall–Kier alpha value is -12.8. The van der Waals surface area contributed by atoms with Gasteiger partial charge in [-0.1, -0.05) is 98.5 Å². The lowest BCUT2D eigenvalue weighted by Gasteiger charge is -2.32. The van der Waals surface area contributed by atoms with Gasteiger partial charge in [0.2, 0.25) is 17.7 Å². The minimum Gasteiger partial charge on any atom is -0.457 e. The van der Waals surface area contributed by atoms with Crippen LogP contribution in [-0.4, -0.2) is 206 Å². The van der Waals surface area contributed by atoms with Crippen molar-refractivity contribution in [3.63, 3.8) is 0 Å². The monoisotopic (exact) mass is 1630 g/mol. The average molecular weight is 1630 g/mol. The van der Waals surface area contributed by atoms with Gasteiger partial charge < -0.3 is 56.2 Å². The van der Waals surface area contributed by atoms with E-state index < -0.39 is 0 Å². The van der Waals surface area contributed by atoms with Gasteiger partial charge in [-0.05, 0) is 187 Å². The molecule has 6 aliphatic rings. The van der Waals surface area contributed by atoms with Crippen LogP contribution in [0.3, 0.4) is 0 Å². The van der Waals surface area contributed by atoms with Gasteiger partial charge in [-0.15, -0.1) is 0 Å². The maximum absolute atomic E-state index is 13.2. The van der Waals surface area contributed by atoms with Crippen LogP contribution in [0.5, 0.6) is 34.5 Å². The molecular formula is C93H105N21O7. The molecule has 624 valence electrons. The van der Waals surface area contributed by atoms with Gasteiger partial charge in [0, 0.05) is 125 Å². The molecular weight excluding hydrogens is 1520 g/mol. The number of amides is 3. The van der Waals surface area contributed by atoms with Gasteiger partial charge >= 0.3 is 0 Å². The number of piperidine rings is 1. The molecule has 3 atom stereocenters. The zero-order chi connectivity index (χ0) is 83.0. The highest BCUT2D eigenvalue weighted by Crippen LogP contribution is 2.40. The van der Waals surface area contributed by atoms with Gasteiger partial charge in [0.1, 0.15) is 88.0 Å². The van der Waals surface area contributed by atoms with Gasteiger partial charge in [-0.2, -0.15) is 15.3 Å². The molecule has 6 aromatic heterocycles. The Morgan fingerprint density at radius 3 is 1.13 bits per heavy atom. The highest BCUT2D eigenvalue weighted by molar-refractivity contribution is 6.01. The Bertz CT molecular complexity index is 5570. The van der Waals surface area contributed by atoms with Gasteiger partial charge in [0.15, 0.2) is 16.9 Å². The van der Waals surface area contributed by atoms with Crippen LogP contribution in [0.25, 0.3) is 66.9 Å². The summed E-state index contributed by atoms with van der Waals surface area (Å²) in [6.07, 6.45) is 31.1. The number of rotatable bonds is 24. The van der Waals surface area contributed by atoms with Crippen molar-refractivity contribution in [2.75, 3.05) is 103 Å². The molecule has 4 aliphatic heterocycles. The molecule has 28 nitrogen and oxygen atoms in total. The van der Waals surface area contributed by atoms with Gasteiger partial charge in [0.25, 0.3) is 0 Å².